The Labute approximate surface area is 146 Å². The van der Waals surface area contributed by atoms with Crippen LogP contribution in [0, 0.1) is 5.92 Å². The Morgan fingerprint density at radius 2 is 1.83 bits per heavy atom. The fraction of sp³-hybridized carbons (Fsp3) is 0.625. The van der Waals surface area contributed by atoms with Gasteiger partial charge in [0.25, 0.3) is 0 Å². The molecule has 1 aromatic carbocycles. The number of ether oxygens (including phenoxy) is 1. The molecule has 0 amide bonds. The second-order valence-corrected chi connectivity index (χ2v) is 8.05. The van der Waals surface area contributed by atoms with Crippen molar-refractivity contribution in [2.45, 2.75) is 25.2 Å². The van der Waals surface area contributed by atoms with Gasteiger partial charge in [-0.25, -0.2) is 8.42 Å². The average Bonchev–Trinajstić information content (AvgIpc) is 2.53. The third kappa shape index (κ3) is 5.35. The maximum atomic E-state index is 12.7. The Kier molecular flexibility index (Phi) is 7.80. The van der Waals surface area contributed by atoms with E-state index in [2.05, 4.69) is 18.7 Å². The van der Waals surface area contributed by atoms with Gasteiger partial charge in [0.15, 0.2) is 0 Å². The molecule has 0 N–H and O–H groups in total. The van der Waals surface area contributed by atoms with E-state index in [1.165, 1.54) is 0 Å². The summed E-state index contributed by atoms with van der Waals surface area (Å²) in [5.41, 5.74) is 0. The van der Waals surface area contributed by atoms with E-state index < -0.39 is 10.0 Å². The van der Waals surface area contributed by atoms with Gasteiger partial charge in [0, 0.05) is 32.2 Å². The number of piperazine rings is 1. The van der Waals surface area contributed by atoms with E-state index in [9.17, 15) is 8.42 Å². The molecule has 0 bridgehead atoms. The lowest BCUT2D eigenvalue weighted by Crippen LogP contribution is -2.48. The van der Waals surface area contributed by atoms with Crippen molar-refractivity contribution >= 4 is 22.4 Å². The van der Waals surface area contributed by atoms with Crippen LogP contribution in [0.4, 0.5) is 0 Å². The molecule has 0 unspecified atom stereocenters. The molecule has 1 saturated heterocycles. The maximum Gasteiger partial charge on any atom is 0.243 e. The average molecular weight is 363 g/mol. The Hall–Kier alpha value is -0.820. The van der Waals surface area contributed by atoms with E-state index in [-0.39, 0.29) is 12.4 Å². The number of sulfonamides is 1. The van der Waals surface area contributed by atoms with Gasteiger partial charge in [0.1, 0.15) is 5.75 Å². The van der Waals surface area contributed by atoms with Crippen LogP contribution in [0.1, 0.15) is 20.3 Å². The summed E-state index contributed by atoms with van der Waals surface area (Å²) in [5, 5.41) is 0. The normalized spacial score (nSPS) is 17.0. The first-order chi connectivity index (χ1) is 10.4. The minimum atomic E-state index is -3.42. The number of rotatable bonds is 6. The molecule has 1 aliphatic rings. The summed E-state index contributed by atoms with van der Waals surface area (Å²) >= 11 is 0. The highest BCUT2D eigenvalue weighted by atomic mass is 35.5. The van der Waals surface area contributed by atoms with Gasteiger partial charge in [-0.1, -0.05) is 19.9 Å². The zero-order chi connectivity index (χ0) is 16.2. The van der Waals surface area contributed by atoms with Crippen molar-refractivity contribution in [3.63, 3.8) is 0 Å². The van der Waals surface area contributed by atoms with E-state index in [0.29, 0.717) is 29.7 Å². The first kappa shape index (κ1) is 20.2. The van der Waals surface area contributed by atoms with Crippen LogP contribution in [0.15, 0.2) is 29.2 Å². The number of methoxy groups -OCH3 is 1. The molecule has 132 valence electrons. The van der Waals surface area contributed by atoms with Crippen LogP contribution in [0.2, 0.25) is 0 Å². The van der Waals surface area contributed by atoms with Gasteiger partial charge in [0.2, 0.25) is 10.0 Å². The van der Waals surface area contributed by atoms with Crippen LogP contribution in [0.5, 0.6) is 5.75 Å². The minimum absolute atomic E-state index is 0. The van der Waals surface area contributed by atoms with Crippen LogP contribution in [0.25, 0.3) is 0 Å². The highest BCUT2D eigenvalue weighted by Crippen LogP contribution is 2.22. The zero-order valence-electron chi connectivity index (χ0n) is 14.1. The van der Waals surface area contributed by atoms with Crippen molar-refractivity contribution in [2.75, 3.05) is 39.8 Å². The molecule has 2 rings (SSSR count). The molecule has 1 aliphatic heterocycles. The predicted molar refractivity (Wildman–Crippen MR) is 94.9 cm³/mol. The van der Waals surface area contributed by atoms with E-state index >= 15 is 0 Å². The molecule has 1 heterocycles. The Morgan fingerprint density at radius 3 is 2.39 bits per heavy atom. The molecule has 23 heavy (non-hydrogen) atoms. The molecule has 0 aliphatic carbocycles. The van der Waals surface area contributed by atoms with Crippen LogP contribution in [-0.2, 0) is 10.0 Å². The third-order valence-corrected chi connectivity index (χ3v) is 5.93. The highest BCUT2D eigenvalue weighted by Gasteiger charge is 2.28. The number of halogens is 1. The fourth-order valence-corrected chi connectivity index (χ4v) is 4.00. The van der Waals surface area contributed by atoms with Crippen molar-refractivity contribution in [3.05, 3.63) is 24.3 Å². The second-order valence-electron chi connectivity index (χ2n) is 6.11. The number of hydrogen-bond donors (Lipinski definition) is 0. The molecule has 0 aromatic heterocycles. The Morgan fingerprint density at radius 1 is 1.17 bits per heavy atom. The summed E-state index contributed by atoms with van der Waals surface area (Å²) in [7, 11) is -1.88. The number of nitrogens with zero attached hydrogens (tertiary/aromatic N) is 2. The van der Waals surface area contributed by atoms with Crippen LogP contribution < -0.4 is 4.74 Å². The second kappa shape index (κ2) is 8.87. The maximum absolute atomic E-state index is 12.7. The van der Waals surface area contributed by atoms with Gasteiger partial charge in [-0.2, -0.15) is 4.31 Å². The lowest BCUT2D eigenvalue weighted by atomic mass is 10.1. The topological polar surface area (TPSA) is 49.9 Å². The summed E-state index contributed by atoms with van der Waals surface area (Å²) in [6.45, 7) is 8.18. The van der Waals surface area contributed by atoms with Gasteiger partial charge in [-0.3, -0.25) is 0 Å². The number of hydrogen-bond acceptors (Lipinski definition) is 4. The SMILES string of the molecule is COc1cccc(S(=O)(=O)N2CCN(CCC(C)C)CC2)c1.Cl. The largest absolute Gasteiger partial charge is 0.497 e. The molecule has 7 heteroatoms. The first-order valence-electron chi connectivity index (χ1n) is 7.80. The van der Waals surface area contributed by atoms with Crippen LogP contribution >= 0.6 is 12.4 Å². The van der Waals surface area contributed by atoms with Crippen LogP contribution in [0.3, 0.4) is 0 Å². The predicted octanol–water partition coefficient (Wildman–Crippen LogP) is 2.47. The molecule has 0 radical (unpaired) electrons. The van der Waals surface area contributed by atoms with Crippen molar-refractivity contribution in [1.82, 2.24) is 9.21 Å². The van der Waals surface area contributed by atoms with Gasteiger partial charge < -0.3 is 9.64 Å². The molecular formula is C16H27ClN2O3S. The molecule has 0 saturated carbocycles. The number of benzene rings is 1. The first-order valence-corrected chi connectivity index (χ1v) is 9.24. The molecule has 1 aromatic rings. The van der Waals surface area contributed by atoms with Crippen molar-refractivity contribution in [1.29, 1.82) is 0 Å². The summed E-state index contributed by atoms with van der Waals surface area (Å²) in [4.78, 5) is 2.65. The van der Waals surface area contributed by atoms with Crippen molar-refractivity contribution in [3.8, 4) is 5.75 Å². The van der Waals surface area contributed by atoms with E-state index in [1.807, 2.05) is 0 Å². The minimum Gasteiger partial charge on any atom is -0.497 e. The quantitative estimate of drug-likeness (QED) is 0.780. The summed E-state index contributed by atoms with van der Waals surface area (Å²) < 4.78 is 32.1. The molecule has 0 spiro atoms. The summed E-state index contributed by atoms with van der Waals surface area (Å²) in [6, 6.07) is 6.68. The van der Waals surface area contributed by atoms with E-state index in [1.54, 1.807) is 35.7 Å². The Bertz CT molecular complexity index is 585. The summed E-state index contributed by atoms with van der Waals surface area (Å²) in [5.74, 6) is 1.25. The van der Waals surface area contributed by atoms with Crippen molar-refractivity contribution < 1.29 is 13.2 Å². The zero-order valence-corrected chi connectivity index (χ0v) is 15.7. The Balaban J connectivity index is 0.00000264. The summed E-state index contributed by atoms with van der Waals surface area (Å²) in [6.07, 6.45) is 1.16. The van der Waals surface area contributed by atoms with Gasteiger partial charge in [-0.05, 0) is 31.0 Å². The molecular weight excluding hydrogens is 336 g/mol. The van der Waals surface area contributed by atoms with Gasteiger partial charge in [0.05, 0.1) is 12.0 Å². The van der Waals surface area contributed by atoms with Crippen LogP contribution in [-0.4, -0.2) is 57.5 Å². The van der Waals surface area contributed by atoms with Gasteiger partial charge >= 0.3 is 0 Å². The standard InChI is InChI=1S/C16H26N2O3S.ClH/c1-14(2)7-8-17-9-11-18(12-10-17)22(19,20)16-6-4-5-15(13-16)21-3;/h4-6,13-14H,7-12H2,1-3H3;1H. The highest BCUT2D eigenvalue weighted by molar-refractivity contribution is 7.89. The third-order valence-electron chi connectivity index (χ3n) is 4.03. The van der Waals surface area contributed by atoms with Crippen molar-refractivity contribution in [2.24, 2.45) is 5.92 Å². The molecule has 1 fully saturated rings. The molecule has 5 nitrogen and oxygen atoms in total. The molecule has 0 atom stereocenters. The fourth-order valence-electron chi connectivity index (χ4n) is 2.54. The van der Waals surface area contributed by atoms with Gasteiger partial charge in [-0.15, -0.1) is 12.4 Å². The smallest absolute Gasteiger partial charge is 0.243 e. The lowest BCUT2D eigenvalue weighted by molar-refractivity contribution is 0.180. The van der Waals surface area contributed by atoms with E-state index in [4.69, 9.17) is 4.74 Å². The monoisotopic (exact) mass is 362 g/mol. The van der Waals surface area contributed by atoms with E-state index in [0.717, 1.165) is 26.1 Å². The lowest BCUT2D eigenvalue weighted by Gasteiger charge is -2.34.